The van der Waals surface area contributed by atoms with Crippen molar-refractivity contribution < 1.29 is 9.13 Å². The molecule has 0 saturated carbocycles. The standard InChI is InChI=1S/C25H24FN5O2/c26-19-3-1-2-17(14-19)16-28-24-23-18(8-9-27-25(23)32)15-22(30-24)29-20-4-6-21(7-5-20)31-10-12-33-13-11-31/h1-9,14-15H,10-13,16H2,(H,27,32)(H2,28,29,30). The molecule has 0 aliphatic carbocycles. The molecule has 0 amide bonds. The van der Waals surface area contributed by atoms with Crippen molar-refractivity contribution in [2.45, 2.75) is 6.54 Å². The van der Waals surface area contributed by atoms with Gasteiger partial charge in [0.05, 0.1) is 18.6 Å². The Morgan fingerprint density at radius 2 is 1.88 bits per heavy atom. The van der Waals surface area contributed by atoms with E-state index in [2.05, 4.69) is 37.6 Å². The first-order chi connectivity index (χ1) is 16.2. The third kappa shape index (κ3) is 4.80. The first-order valence-electron chi connectivity index (χ1n) is 10.9. The molecule has 4 aromatic rings. The van der Waals surface area contributed by atoms with E-state index in [1.54, 1.807) is 12.3 Å². The van der Waals surface area contributed by atoms with Crippen LogP contribution in [-0.4, -0.2) is 36.3 Å². The van der Waals surface area contributed by atoms with Gasteiger partial charge >= 0.3 is 0 Å². The van der Waals surface area contributed by atoms with Gasteiger partial charge in [-0.25, -0.2) is 9.37 Å². The fraction of sp³-hybridized carbons (Fsp3) is 0.200. The summed E-state index contributed by atoms with van der Waals surface area (Å²) in [7, 11) is 0. The highest BCUT2D eigenvalue weighted by Gasteiger charge is 2.12. The molecule has 0 radical (unpaired) electrons. The van der Waals surface area contributed by atoms with Crippen LogP contribution in [0.2, 0.25) is 0 Å². The van der Waals surface area contributed by atoms with E-state index in [9.17, 15) is 9.18 Å². The first-order valence-corrected chi connectivity index (χ1v) is 10.9. The number of hydrogen-bond donors (Lipinski definition) is 3. The number of nitrogens with one attached hydrogen (secondary N) is 3. The molecule has 8 heteroatoms. The molecule has 1 aliphatic rings. The van der Waals surface area contributed by atoms with Crippen molar-refractivity contribution in [3.05, 3.63) is 88.6 Å². The second kappa shape index (κ2) is 9.30. The summed E-state index contributed by atoms with van der Waals surface area (Å²) in [6.07, 6.45) is 1.61. The topological polar surface area (TPSA) is 82.3 Å². The largest absolute Gasteiger partial charge is 0.378 e. The highest BCUT2D eigenvalue weighted by Crippen LogP contribution is 2.26. The van der Waals surface area contributed by atoms with E-state index in [0.29, 0.717) is 23.6 Å². The lowest BCUT2D eigenvalue weighted by atomic mass is 10.2. The maximum atomic E-state index is 13.5. The van der Waals surface area contributed by atoms with Crippen LogP contribution in [0.3, 0.4) is 0 Å². The van der Waals surface area contributed by atoms with Gasteiger partial charge in [0.2, 0.25) is 0 Å². The lowest BCUT2D eigenvalue weighted by Gasteiger charge is -2.28. The fourth-order valence-corrected chi connectivity index (χ4v) is 3.96. The number of ether oxygens (including phenoxy) is 1. The molecule has 168 valence electrons. The Labute approximate surface area is 190 Å². The maximum Gasteiger partial charge on any atom is 0.259 e. The highest BCUT2D eigenvalue weighted by molar-refractivity contribution is 5.93. The number of hydrogen-bond acceptors (Lipinski definition) is 6. The highest BCUT2D eigenvalue weighted by atomic mass is 19.1. The summed E-state index contributed by atoms with van der Waals surface area (Å²) in [6, 6.07) is 18.2. The van der Waals surface area contributed by atoms with Gasteiger partial charge in [-0.15, -0.1) is 0 Å². The van der Waals surface area contributed by atoms with E-state index in [0.717, 1.165) is 48.6 Å². The number of aromatic amines is 1. The lowest BCUT2D eigenvalue weighted by Crippen LogP contribution is -2.36. The summed E-state index contributed by atoms with van der Waals surface area (Å²) in [5.41, 5.74) is 2.57. The molecule has 3 N–H and O–H groups in total. The Bertz CT molecular complexity index is 1320. The van der Waals surface area contributed by atoms with Crippen LogP contribution in [0, 0.1) is 5.82 Å². The second-order valence-electron chi connectivity index (χ2n) is 7.88. The van der Waals surface area contributed by atoms with Gasteiger partial charge in [0.25, 0.3) is 5.56 Å². The van der Waals surface area contributed by atoms with Gasteiger partial charge in [-0.05, 0) is 59.5 Å². The van der Waals surface area contributed by atoms with E-state index in [1.807, 2.05) is 30.3 Å². The smallest absolute Gasteiger partial charge is 0.259 e. The van der Waals surface area contributed by atoms with Gasteiger partial charge in [-0.3, -0.25) is 4.79 Å². The molecule has 1 fully saturated rings. The fourth-order valence-electron chi connectivity index (χ4n) is 3.96. The number of aromatic nitrogens is 2. The van der Waals surface area contributed by atoms with Gasteiger partial charge in [0, 0.05) is 37.2 Å². The molecule has 0 spiro atoms. The quantitative estimate of drug-likeness (QED) is 0.412. The number of fused-ring (bicyclic) bond motifs is 1. The van der Waals surface area contributed by atoms with Gasteiger partial charge in [-0.1, -0.05) is 12.1 Å². The lowest BCUT2D eigenvalue weighted by molar-refractivity contribution is 0.122. The maximum absolute atomic E-state index is 13.5. The monoisotopic (exact) mass is 445 g/mol. The van der Waals surface area contributed by atoms with Crippen LogP contribution in [0.15, 0.2) is 71.7 Å². The molecule has 5 rings (SSSR count). The number of benzene rings is 2. The van der Waals surface area contributed by atoms with Crippen molar-refractivity contribution >= 4 is 33.8 Å². The van der Waals surface area contributed by atoms with Gasteiger partial charge < -0.3 is 25.3 Å². The Balaban J connectivity index is 1.40. The zero-order valence-electron chi connectivity index (χ0n) is 18.0. The molecule has 2 aromatic heterocycles. The third-order valence-electron chi connectivity index (χ3n) is 5.62. The molecule has 7 nitrogen and oxygen atoms in total. The van der Waals surface area contributed by atoms with Gasteiger partial charge in [0.15, 0.2) is 0 Å². The molecular weight excluding hydrogens is 421 g/mol. The Morgan fingerprint density at radius 3 is 2.67 bits per heavy atom. The van der Waals surface area contributed by atoms with Crippen molar-refractivity contribution in [1.29, 1.82) is 0 Å². The third-order valence-corrected chi connectivity index (χ3v) is 5.62. The molecule has 1 saturated heterocycles. The number of nitrogens with zero attached hydrogens (tertiary/aromatic N) is 2. The van der Waals surface area contributed by atoms with E-state index in [1.165, 1.54) is 12.1 Å². The van der Waals surface area contributed by atoms with Crippen molar-refractivity contribution in [2.24, 2.45) is 0 Å². The molecule has 33 heavy (non-hydrogen) atoms. The minimum atomic E-state index is -0.305. The number of rotatable bonds is 6. The average molecular weight is 445 g/mol. The number of anilines is 4. The summed E-state index contributed by atoms with van der Waals surface area (Å²) in [5.74, 6) is 0.737. The molecule has 0 atom stereocenters. The molecular formula is C25H24FN5O2. The van der Waals surface area contributed by atoms with Crippen LogP contribution >= 0.6 is 0 Å². The van der Waals surface area contributed by atoms with Crippen LogP contribution in [0.25, 0.3) is 10.8 Å². The minimum absolute atomic E-state index is 0.233. The van der Waals surface area contributed by atoms with E-state index >= 15 is 0 Å². The molecule has 1 aliphatic heterocycles. The van der Waals surface area contributed by atoms with Crippen molar-refractivity contribution in [1.82, 2.24) is 9.97 Å². The Morgan fingerprint density at radius 1 is 1.06 bits per heavy atom. The van der Waals surface area contributed by atoms with E-state index in [4.69, 9.17) is 4.74 Å². The number of H-pyrrole nitrogens is 1. The van der Waals surface area contributed by atoms with Crippen molar-refractivity contribution in [3.8, 4) is 0 Å². The molecule has 0 bridgehead atoms. The summed E-state index contributed by atoms with van der Waals surface area (Å²) >= 11 is 0. The van der Waals surface area contributed by atoms with E-state index in [-0.39, 0.29) is 11.4 Å². The van der Waals surface area contributed by atoms with Crippen LogP contribution in [0.4, 0.5) is 27.4 Å². The Hall–Kier alpha value is -3.91. The predicted molar refractivity (Wildman–Crippen MR) is 129 cm³/mol. The van der Waals surface area contributed by atoms with E-state index < -0.39 is 0 Å². The molecule has 3 heterocycles. The van der Waals surface area contributed by atoms with Crippen LogP contribution < -0.4 is 21.1 Å². The summed E-state index contributed by atoms with van der Waals surface area (Å²) in [5, 5.41) is 7.73. The molecule has 0 unspecified atom stereocenters. The van der Waals surface area contributed by atoms with Crippen molar-refractivity contribution in [2.75, 3.05) is 41.8 Å². The predicted octanol–water partition coefficient (Wildman–Crippen LogP) is 4.25. The van der Waals surface area contributed by atoms with Crippen LogP contribution in [-0.2, 0) is 11.3 Å². The summed E-state index contributed by atoms with van der Waals surface area (Å²) in [6.45, 7) is 3.59. The summed E-state index contributed by atoms with van der Waals surface area (Å²) in [4.78, 5) is 22.1. The Kier molecular flexibility index (Phi) is 5.91. The zero-order valence-corrected chi connectivity index (χ0v) is 18.0. The zero-order chi connectivity index (χ0) is 22.6. The number of morpholine rings is 1. The van der Waals surface area contributed by atoms with Crippen LogP contribution in [0.5, 0.6) is 0 Å². The SMILES string of the molecule is O=c1[nH]ccc2cc(Nc3ccc(N4CCOCC4)cc3)nc(NCc3cccc(F)c3)c12. The summed E-state index contributed by atoms with van der Waals surface area (Å²) < 4.78 is 19.0. The second-order valence-corrected chi connectivity index (χ2v) is 7.88. The molecule has 2 aromatic carbocycles. The number of pyridine rings is 2. The van der Waals surface area contributed by atoms with Gasteiger partial charge in [0.1, 0.15) is 17.5 Å². The number of halogens is 1. The van der Waals surface area contributed by atoms with Crippen molar-refractivity contribution in [3.63, 3.8) is 0 Å². The average Bonchev–Trinajstić information content (AvgIpc) is 2.84. The minimum Gasteiger partial charge on any atom is -0.378 e. The van der Waals surface area contributed by atoms with Crippen LogP contribution in [0.1, 0.15) is 5.56 Å². The normalized spacial score (nSPS) is 13.8. The van der Waals surface area contributed by atoms with Gasteiger partial charge in [-0.2, -0.15) is 0 Å². The first kappa shape index (κ1) is 21.0.